The minimum Gasteiger partial charge on any atom is -0.324 e. The second-order valence-corrected chi connectivity index (χ2v) is 9.26. The molecule has 0 aliphatic carbocycles. The zero-order valence-corrected chi connectivity index (χ0v) is 21.2. The Kier molecular flexibility index (Phi) is 6.92. The fourth-order valence-electron chi connectivity index (χ4n) is 4.31. The topological polar surface area (TPSA) is 70.2 Å². The van der Waals surface area contributed by atoms with E-state index in [-0.39, 0.29) is 5.91 Å². The molecule has 5 rings (SSSR count). The number of carbonyl (C=O) groups is 1. The molecule has 184 valence electrons. The smallest absolute Gasteiger partial charge is 0.255 e. The van der Waals surface area contributed by atoms with Crippen molar-refractivity contribution in [1.82, 2.24) is 14.9 Å². The van der Waals surface area contributed by atoms with Crippen molar-refractivity contribution in [2.75, 3.05) is 24.7 Å². The molecule has 0 spiro atoms. The summed E-state index contributed by atoms with van der Waals surface area (Å²) in [5.41, 5.74) is 7.23. The number of hydrogen-bond acceptors (Lipinski definition) is 5. The van der Waals surface area contributed by atoms with E-state index < -0.39 is 0 Å². The molecule has 0 bridgehead atoms. The molecular weight excluding hydrogens is 458 g/mol. The first-order valence-corrected chi connectivity index (χ1v) is 12.2. The van der Waals surface area contributed by atoms with Crippen LogP contribution >= 0.6 is 0 Å². The molecule has 37 heavy (non-hydrogen) atoms. The maximum atomic E-state index is 13.0. The Morgan fingerprint density at radius 1 is 0.811 bits per heavy atom. The van der Waals surface area contributed by atoms with Gasteiger partial charge < -0.3 is 15.5 Å². The van der Waals surface area contributed by atoms with Gasteiger partial charge in [0.05, 0.1) is 11.2 Å². The van der Waals surface area contributed by atoms with Crippen LogP contribution < -0.4 is 10.6 Å². The van der Waals surface area contributed by atoms with Gasteiger partial charge in [-0.15, -0.1) is 0 Å². The van der Waals surface area contributed by atoms with Crippen molar-refractivity contribution in [1.29, 1.82) is 0 Å². The molecule has 6 heteroatoms. The summed E-state index contributed by atoms with van der Waals surface area (Å²) in [6, 6.07) is 31.4. The van der Waals surface area contributed by atoms with Crippen molar-refractivity contribution < 1.29 is 4.79 Å². The number of aromatic nitrogens is 2. The lowest BCUT2D eigenvalue weighted by Gasteiger charge is -2.16. The van der Waals surface area contributed by atoms with Crippen molar-refractivity contribution in [3.63, 3.8) is 0 Å². The number of fused-ring (bicyclic) bond motifs is 1. The van der Waals surface area contributed by atoms with Gasteiger partial charge in [0.25, 0.3) is 5.91 Å². The van der Waals surface area contributed by atoms with Crippen LogP contribution in [0.15, 0.2) is 97.1 Å². The monoisotopic (exact) mass is 487 g/mol. The highest BCUT2D eigenvalue weighted by Crippen LogP contribution is 2.28. The van der Waals surface area contributed by atoms with Gasteiger partial charge in [-0.1, -0.05) is 60.7 Å². The summed E-state index contributed by atoms with van der Waals surface area (Å²) in [5, 5.41) is 7.35. The number of nitrogens with one attached hydrogen (secondary N) is 2. The van der Waals surface area contributed by atoms with Gasteiger partial charge in [-0.3, -0.25) is 4.79 Å². The highest BCUT2D eigenvalue weighted by atomic mass is 16.1. The quantitative estimate of drug-likeness (QED) is 0.269. The second-order valence-electron chi connectivity index (χ2n) is 9.26. The van der Waals surface area contributed by atoms with Crippen molar-refractivity contribution in [2.24, 2.45) is 0 Å². The molecule has 0 saturated heterocycles. The highest BCUT2D eigenvalue weighted by molar-refractivity contribution is 6.05. The molecule has 0 aliphatic rings. The van der Waals surface area contributed by atoms with E-state index in [2.05, 4.69) is 21.6 Å². The van der Waals surface area contributed by atoms with E-state index in [0.29, 0.717) is 11.5 Å². The predicted octanol–water partition coefficient (Wildman–Crippen LogP) is 6.66. The van der Waals surface area contributed by atoms with Gasteiger partial charge in [-0.2, -0.15) is 0 Å². The van der Waals surface area contributed by atoms with Gasteiger partial charge in [-0.25, -0.2) is 9.97 Å². The summed E-state index contributed by atoms with van der Waals surface area (Å²) in [5.74, 6) is 0.355. The summed E-state index contributed by atoms with van der Waals surface area (Å²) >= 11 is 0. The molecule has 4 aromatic carbocycles. The van der Waals surface area contributed by atoms with Crippen LogP contribution in [0.4, 0.5) is 17.3 Å². The van der Waals surface area contributed by atoms with Crippen LogP contribution in [0.1, 0.15) is 21.5 Å². The maximum absolute atomic E-state index is 13.0. The highest BCUT2D eigenvalue weighted by Gasteiger charge is 2.12. The van der Waals surface area contributed by atoms with Gasteiger partial charge in [0.2, 0.25) is 5.95 Å². The van der Waals surface area contributed by atoms with Crippen LogP contribution in [-0.2, 0) is 6.54 Å². The first-order valence-electron chi connectivity index (χ1n) is 12.2. The fraction of sp³-hybridized carbons (Fsp3) is 0.129. The Hall–Kier alpha value is -4.55. The average molecular weight is 488 g/mol. The van der Waals surface area contributed by atoms with E-state index in [4.69, 9.17) is 9.97 Å². The van der Waals surface area contributed by atoms with E-state index in [1.165, 1.54) is 5.56 Å². The number of rotatable bonds is 7. The minimum absolute atomic E-state index is 0.148. The molecule has 2 N–H and O–H groups in total. The molecule has 0 atom stereocenters. The first-order chi connectivity index (χ1) is 18.0. The number of anilines is 3. The van der Waals surface area contributed by atoms with E-state index in [1.807, 2.05) is 99.9 Å². The molecule has 5 aromatic rings. The lowest BCUT2D eigenvalue weighted by atomic mass is 10.1. The molecule has 1 aromatic heterocycles. The SMILES string of the molecule is Cc1c(CN(C)C)cccc1NC(=O)c1ccc(Nc2nc(-c3ccccc3)c3ccccc3n2)cc1. The Labute approximate surface area is 217 Å². The Bertz CT molecular complexity index is 1550. The largest absolute Gasteiger partial charge is 0.324 e. The lowest BCUT2D eigenvalue weighted by Crippen LogP contribution is -2.15. The van der Waals surface area contributed by atoms with Crippen LogP contribution in [0.3, 0.4) is 0 Å². The van der Waals surface area contributed by atoms with Crippen molar-refractivity contribution in [3.8, 4) is 11.3 Å². The summed E-state index contributed by atoms with van der Waals surface area (Å²) in [6.45, 7) is 2.85. The van der Waals surface area contributed by atoms with Crippen LogP contribution in [-0.4, -0.2) is 34.9 Å². The van der Waals surface area contributed by atoms with Crippen LogP contribution in [0.5, 0.6) is 0 Å². The van der Waals surface area contributed by atoms with Crippen LogP contribution in [0.2, 0.25) is 0 Å². The molecule has 1 amide bonds. The molecule has 6 nitrogen and oxygen atoms in total. The van der Waals surface area contributed by atoms with E-state index in [0.717, 1.165) is 45.6 Å². The Morgan fingerprint density at radius 3 is 2.30 bits per heavy atom. The number of amides is 1. The zero-order chi connectivity index (χ0) is 25.8. The summed E-state index contributed by atoms with van der Waals surface area (Å²) in [7, 11) is 4.07. The number of hydrogen-bond donors (Lipinski definition) is 2. The van der Waals surface area contributed by atoms with Crippen molar-refractivity contribution in [3.05, 3.63) is 114 Å². The maximum Gasteiger partial charge on any atom is 0.255 e. The Morgan fingerprint density at radius 2 is 1.54 bits per heavy atom. The molecular formula is C31H29N5O. The van der Waals surface area contributed by atoms with Gasteiger partial charge in [0.1, 0.15) is 0 Å². The second kappa shape index (κ2) is 10.6. The normalized spacial score (nSPS) is 11.0. The first kappa shape index (κ1) is 24.2. The van der Waals surface area contributed by atoms with Gasteiger partial charge in [0.15, 0.2) is 0 Å². The van der Waals surface area contributed by atoms with Crippen molar-refractivity contribution in [2.45, 2.75) is 13.5 Å². The average Bonchev–Trinajstić information content (AvgIpc) is 2.91. The van der Waals surface area contributed by atoms with Crippen LogP contribution in [0.25, 0.3) is 22.2 Å². The number of carbonyl (C=O) groups excluding carboxylic acids is 1. The third kappa shape index (κ3) is 5.50. The van der Waals surface area contributed by atoms with Gasteiger partial charge in [0, 0.05) is 34.4 Å². The zero-order valence-electron chi connectivity index (χ0n) is 21.2. The van der Waals surface area contributed by atoms with Crippen LogP contribution in [0, 0.1) is 6.92 Å². The molecule has 0 aliphatic heterocycles. The van der Waals surface area contributed by atoms with E-state index >= 15 is 0 Å². The summed E-state index contributed by atoms with van der Waals surface area (Å²) in [6.07, 6.45) is 0. The number of benzene rings is 4. The van der Waals surface area contributed by atoms with E-state index in [9.17, 15) is 4.79 Å². The standard InChI is InChI=1S/C31H29N5O/c1-21-24(20-36(2)3)12-9-15-27(21)33-30(37)23-16-18-25(19-17-23)32-31-34-28-14-8-7-13-26(28)29(35-31)22-10-5-4-6-11-22/h4-19H,20H2,1-3H3,(H,33,37)(H,32,34,35). The third-order valence-corrected chi connectivity index (χ3v) is 6.23. The number of nitrogens with zero attached hydrogens (tertiary/aromatic N) is 3. The fourth-order valence-corrected chi connectivity index (χ4v) is 4.31. The summed E-state index contributed by atoms with van der Waals surface area (Å²) < 4.78 is 0. The van der Waals surface area contributed by atoms with Gasteiger partial charge in [-0.05, 0) is 68.5 Å². The molecule has 0 unspecified atom stereocenters. The third-order valence-electron chi connectivity index (χ3n) is 6.23. The molecule has 1 heterocycles. The lowest BCUT2D eigenvalue weighted by molar-refractivity contribution is 0.102. The Balaban J connectivity index is 1.35. The summed E-state index contributed by atoms with van der Waals surface area (Å²) in [4.78, 5) is 24.6. The van der Waals surface area contributed by atoms with Gasteiger partial charge >= 0.3 is 0 Å². The van der Waals surface area contributed by atoms with E-state index in [1.54, 1.807) is 12.1 Å². The minimum atomic E-state index is -0.148. The number of para-hydroxylation sites is 1. The molecule has 0 fully saturated rings. The molecule has 0 saturated carbocycles. The van der Waals surface area contributed by atoms with Crippen molar-refractivity contribution >= 4 is 34.1 Å². The predicted molar refractivity (Wildman–Crippen MR) is 151 cm³/mol. The molecule has 0 radical (unpaired) electrons.